The van der Waals surface area contributed by atoms with Crippen molar-refractivity contribution in [3.8, 4) is 11.5 Å². The Hall–Kier alpha value is -3.73. The Morgan fingerprint density at radius 1 is 0.857 bits per heavy atom. The normalized spacial score (nSPS) is 10.9. The molecular formula is C25H27NO9. The van der Waals surface area contributed by atoms with E-state index >= 15 is 0 Å². The van der Waals surface area contributed by atoms with Crippen molar-refractivity contribution in [1.82, 2.24) is 0 Å². The summed E-state index contributed by atoms with van der Waals surface area (Å²) in [7, 11) is 1.58. The van der Waals surface area contributed by atoms with Gasteiger partial charge in [0.2, 0.25) is 0 Å². The first-order valence-corrected chi connectivity index (χ1v) is 10.9. The number of hydrogen-bond donors (Lipinski definition) is 1. The van der Waals surface area contributed by atoms with Gasteiger partial charge in [-0.2, -0.15) is 0 Å². The summed E-state index contributed by atoms with van der Waals surface area (Å²) < 4.78 is 26.6. The van der Waals surface area contributed by atoms with Crippen LogP contribution in [0.4, 0.5) is 5.69 Å². The molecule has 3 rings (SSSR count). The number of benzene rings is 3. The number of aromatic carboxylic acids is 1. The van der Waals surface area contributed by atoms with Crippen molar-refractivity contribution < 1.29 is 38.5 Å². The second-order valence-electron chi connectivity index (χ2n) is 7.41. The first kappa shape index (κ1) is 25.9. The summed E-state index contributed by atoms with van der Waals surface area (Å²) in [5.41, 5.74) is 0.156. The number of rotatable bonds is 15. The number of carbonyl (C=O) groups is 1. The zero-order chi connectivity index (χ0) is 25.0. The molecule has 0 aliphatic rings. The van der Waals surface area contributed by atoms with Gasteiger partial charge in [0.05, 0.1) is 44.0 Å². The van der Waals surface area contributed by atoms with Gasteiger partial charge in [0.25, 0.3) is 0 Å². The van der Waals surface area contributed by atoms with Gasteiger partial charge in [-0.25, -0.2) is 4.79 Å². The number of nitro benzene ring substituents is 1. The van der Waals surface area contributed by atoms with Gasteiger partial charge in [0, 0.05) is 13.2 Å². The van der Waals surface area contributed by atoms with E-state index < -0.39 is 16.6 Å². The van der Waals surface area contributed by atoms with E-state index in [4.69, 9.17) is 23.7 Å². The molecule has 0 heterocycles. The molecule has 0 aliphatic heterocycles. The number of nitrogens with zero attached hydrogens (tertiary/aromatic N) is 1. The molecule has 3 aromatic rings. The topological polar surface area (TPSA) is 127 Å². The highest BCUT2D eigenvalue weighted by Crippen LogP contribution is 2.35. The van der Waals surface area contributed by atoms with Gasteiger partial charge in [-0.15, -0.1) is 0 Å². The maximum absolute atomic E-state index is 11.8. The lowest BCUT2D eigenvalue weighted by atomic mass is 10.1. The van der Waals surface area contributed by atoms with Gasteiger partial charge < -0.3 is 28.8 Å². The molecule has 0 unspecified atom stereocenters. The van der Waals surface area contributed by atoms with Gasteiger partial charge in [-0.3, -0.25) is 10.1 Å². The third-order valence-electron chi connectivity index (χ3n) is 4.99. The van der Waals surface area contributed by atoms with Crippen LogP contribution in [0.5, 0.6) is 11.5 Å². The monoisotopic (exact) mass is 485 g/mol. The molecule has 10 nitrogen and oxygen atoms in total. The van der Waals surface area contributed by atoms with Crippen LogP contribution in [-0.2, 0) is 20.8 Å². The Kier molecular flexibility index (Phi) is 9.79. The Morgan fingerprint density at radius 3 is 2.23 bits per heavy atom. The van der Waals surface area contributed by atoms with Crippen LogP contribution in [0.1, 0.15) is 15.9 Å². The van der Waals surface area contributed by atoms with Crippen LogP contribution in [-0.4, -0.2) is 62.8 Å². The molecular weight excluding hydrogens is 458 g/mol. The fourth-order valence-corrected chi connectivity index (χ4v) is 3.26. The Morgan fingerprint density at radius 2 is 1.54 bits per heavy atom. The minimum Gasteiger partial charge on any atom is -0.490 e. The predicted molar refractivity (Wildman–Crippen MR) is 127 cm³/mol. The van der Waals surface area contributed by atoms with Crippen molar-refractivity contribution in [2.45, 2.75) is 6.61 Å². The maximum atomic E-state index is 11.8. The molecule has 0 saturated carbocycles. The number of carboxylic acid groups (broad SMARTS) is 1. The third-order valence-corrected chi connectivity index (χ3v) is 4.99. The van der Waals surface area contributed by atoms with Crippen molar-refractivity contribution in [3.63, 3.8) is 0 Å². The second kappa shape index (κ2) is 13.2. The maximum Gasteiger partial charge on any atom is 0.339 e. The largest absolute Gasteiger partial charge is 0.490 e. The molecule has 0 fully saturated rings. The molecule has 0 amide bonds. The highest BCUT2D eigenvalue weighted by molar-refractivity contribution is 5.92. The Balaban J connectivity index is 1.64. The van der Waals surface area contributed by atoms with Gasteiger partial charge >= 0.3 is 11.7 Å². The molecule has 0 spiro atoms. The summed E-state index contributed by atoms with van der Waals surface area (Å²) in [4.78, 5) is 22.8. The number of carboxylic acids is 1. The minimum atomic E-state index is -1.29. The predicted octanol–water partition coefficient (Wildman–Crippen LogP) is 4.08. The van der Waals surface area contributed by atoms with Crippen LogP contribution >= 0.6 is 0 Å². The van der Waals surface area contributed by atoms with Crippen LogP contribution in [0.3, 0.4) is 0 Å². The van der Waals surface area contributed by atoms with Crippen LogP contribution in [0.2, 0.25) is 0 Å². The average Bonchev–Trinajstić information content (AvgIpc) is 2.86. The molecule has 0 atom stereocenters. The summed E-state index contributed by atoms with van der Waals surface area (Å²) >= 11 is 0. The van der Waals surface area contributed by atoms with Crippen molar-refractivity contribution in [1.29, 1.82) is 0 Å². The van der Waals surface area contributed by atoms with E-state index in [0.717, 1.165) is 28.5 Å². The van der Waals surface area contributed by atoms with Crippen molar-refractivity contribution in [2.24, 2.45) is 0 Å². The SMILES string of the molecule is COCCOCCOCCOc1cc([N+](=O)[O-])c(OCc2ccc3ccccc3c2)cc1C(=O)O. The van der Waals surface area contributed by atoms with E-state index in [1.807, 2.05) is 42.5 Å². The first-order chi connectivity index (χ1) is 17.0. The Bertz CT molecular complexity index is 1150. The minimum absolute atomic E-state index is 0.00674. The number of ether oxygens (including phenoxy) is 5. The molecule has 0 saturated heterocycles. The van der Waals surface area contributed by atoms with E-state index in [2.05, 4.69) is 0 Å². The summed E-state index contributed by atoms with van der Waals surface area (Å²) in [5.74, 6) is -1.59. The number of hydrogen-bond acceptors (Lipinski definition) is 8. The van der Waals surface area contributed by atoms with E-state index in [1.165, 1.54) is 0 Å². The molecule has 0 aliphatic carbocycles. The van der Waals surface area contributed by atoms with Crippen molar-refractivity contribution >= 4 is 22.4 Å². The number of nitro groups is 1. The lowest BCUT2D eigenvalue weighted by Crippen LogP contribution is -2.13. The molecule has 186 valence electrons. The van der Waals surface area contributed by atoms with Gasteiger partial charge in [0.15, 0.2) is 5.75 Å². The van der Waals surface area contributed by atoms with E-state index in [1.54, 1.807) is 7.11 Å². The summed E-state index contributed by atoms with van der Waals surface area (Å²) in [5, 5.41) is 23.3. The van der Waals surface area contributed by atoms with Gasteiger partial charge in [0.1, 0.15) is 24.5 Å². The zero-order valence-electron chi connectivity index (χ0n) is 19.3. The number of methoxy groups -OCH3 is 1. The lowest BCUT2D eigenvalue weighted by molar-refractivity contribution is -0.386. The third kappa shape index (κ3) is 7.64. The van der Waals surface area contributed by atoms with Crippen LogP contribution in [0, 0.1) is 10.1 Å². The molecule has 10 heteroatoms. The summed E-state index contributed by atoms with van der Waals surface area (Å²) in [6.45, 7) is 1.83. The molecule has 0 aromatic heterocycles. The summed E-state index contributed by atoms with van der Waals surface area (Å²) in [6, 6.07) is 15.6. The van der Waals surface area contributed by atoms with E-state index in [-0.39, 0.29) is 36.9 Å². The standard InChI is InChI=1S/C25H27NO9/c1-31-8-9-32-10-11-33-12-13-34-23-16-22(26(29)30)24(15-21(23)25(27)28)35-17-18-6-7-19-4-2-3-5-20(19)14-18/h2-7,14-16H,8-13,17H2,1H3,(H,27,28). The molecule has 1 N–H and O–H groups in total. The molecule has 0 bridgehead atoms. The number of fused-ring (bicyclic) bond motifs is 1. The van der Waals surface area contributed by atoms with Crippen LogP contribution in [0.15, 0.2) is 54.6 Å². The van der Waals surface area contributed by atoms with Crippen LogP contribution < -0.4 is 9.47 Å². The van der Waals surface area contributed by atoms with E-state index in [9.17, 15) is 20.0 Å². The molecule has 35 heavy (non-hydrogen) atoms. The smallest absolute Gasteiger partial charge is 0.339 e. The van der Waals surface area contributed by atoms with Crippen LogP contribution in [0.25, 0.3) is 10.8 Å². The molecule has 0 radical (unpaired) electrons. The van der Waals surface area contributed by atoms with Crippen molar-refractivity contribution in [3.05, 3.63) is 75.8 Å². The molecule has 3 aromatic carbocycles. The average molecular weight is 485 g/mol. The van der Waals surface area contributed by atoms with Gasteiger partial charge in [-0.05, 0) is 22.4 Å². The fourth-order valence-electron chi connectivity index (χ4n) is 3.26. The fraction of sp³-hybridized carbons (Fsp3) is 0.320. The zero-order valence-corrected chi connectivity index (χ0v) is 19.3. The van der Waals surface area contributed by atoms with E-state index in [0.29, 0.717) is 26.4 Å². The second-order valence-corrected chi connectivity index (χ2v) is 7.41. The quantitative estimate of drug-likeness (QED) is 0.192. The lowest BCUT2D eigenvalue weighted by Gasteiger charge is -2.13. The van der Waals surface area contributed by atoms with Crippen molar-refractivity contribution in [2.75, 3.05) is 46.8 Å². The highest BCUT2D eigenvalue weighted by Gasteiger charge is 2.24. The first-order valence-electron chi connectivity index (χ1n) is 10.9. The van der Waals surface area contributed by atoms with Gasteiger partial charge in [-0.1, -0.05) is 36.4 Å². The Labute approximate surface area is 202 Å². The summed E-state index contributed by atoms with van der Waals surface area (Å²) in [6.07, 6.45) is 0. The highest BCUT2D eigenvalue weighted by atomic mass is 16.6.